The van der Waals surface area contributed by atoms with Crippen LogP contribution >= 0.6 is 0 Å². The maximum Gasteiger partial charge on any atom is 0.253 e. The molecule has 2 fully saturated rings. The lowest BCUT2D eigenvalue weighted by Gasteiger charge is -2.22. The Balaban J connectivity index is 1.43. The van der Waals surface area contributed by atoms with Gasteiger partial charge >= 0.3 is 0 Å². The number of rotatable bonds is 2. The van der Waals surface area contributed by atoms with Crippen molar-refractivity contribution in [2.45, 2.75) is 25.7 Å². The fourth-order valence-corrected chi connectivity index (χ4v) is 3.43. The topological polar surface area (TPSA) is 49.9 Å². The molecule has 0 N–H and O–H groups in total. The zero-order valence-electron chi connectivity index (χ0n) is 13.3. The molecule has 0 aromatic heterocycles. The lowest BCUT2D eigenvalue weighted by Crippen LogP contribution is -2.38. The minimum atomic E-state index is 0.0698. The third-order valence-electron chi connectivity index (χ3n) is 4.96. The molecule has 1 saturated heterocycles. The molecule has 0 unspecified atom stereocenters. The highest BCUT2D eigenvalue weighted by Crippen LogP contribution is 2.31. The van der Waals surface area contributed by atoms with E-state index < -0.39 is 0 Å². The van der Waals surface area contributed by atoms with E-state index in [4.69, 9.17) is 4.74 Å². The van der Waals surface area contributed by atoms with Crippen molar-refractivity contribution in [1.29, 1.82) is 0 Å². The Labute approximate surface area is 136 Å². The van der Waals surface area contributed by atoms with Gasteiger partial charge in [0.1, 0.15) is 5.75 Å². The van der Waals surface area contributed by atoms with Gasteiger partial charge in [0.2, 0.25) is 5.91 Å². The molecule has 2 aliphatic heterocycles. The van der Waals surface area contributed by atoms with Crippen LogP contribution < -0.4 is 4.74 Å². The minimum Gasteiger partial charge on any atom is -0.493 e. The first kappa shape index (κ1) is 14.5. The largest absolute Gasteiger partial charge is 0.493 e. The first-order chi connectivity index (χ1) is 11.2. The molecule has 2 heterocycles. The van der Waals surface area contributed by atoms with Crippen LogP contribution in [0.2, 0.25) is 0 Å². The summed E-state index contributed by atoms with van der Waals surface area (Å²) in [5.41, 5.74) is 1.85. The Bertz CT molecular complexity index is 639. The van der Waals surface area contributed by atoms with E-state index in [1.165, 1.54) is 0 Å². The van der Waals surface area contributed by atoms with Crippen LogP contribution in [0.15, 0.2) is 18.2 Å². The molecule has 122 valence electrons. The fraction of sp³-hybridized carbons (Fsp3) is 0.556. The van der Waals surface area contributed by atoms with Gasteiger partial charge in [-0.05, 0) is 43.0 Å². The quantitative estimate of drug-likeness (QED) is 0.835. The lowest BCUT2D eigenvalue weighted by molar-refractivity contribution is -0.132. The van der Waals surface area contributed by atoms with Crippen molar-refractivity contribution in [2.75, 3.05) is 32.8 Å². The molecular weight excluding hydrogens is 292 g/mol. The van der Waals surface area contributed by atoms with Crippen molar-refractivity contribution in [2.24, 2.45) is 5.92 Å². The number of fused-ring (bicyclic) bond motifs is 1. The van der Waals surface area contributed by atoms with Gasteiger partial charge in [-0.3, -0.25) is 9.59 Å². The third-order valence-corrected chi connectivity index (χ3v) is 4.96. The zero-order chi connectivity index (χ0) is 15.8. The molecule has 0 spiro atoms. The fourth-order valence-electron chi connectivity index (χ4n) is 3.43. The summed E-state index contributed by atoms with van der Waals surface area (Å²) in [4.78, 5) is 28.8. The SMILES string of the molecule is O=C(c1ccc2c(c1)CCO2)N1CCCN(C(=O)C2CC2)CC1. The average Bonchev–Trinajstić information content (AvgIpc) is 3.35. The Morgan fingerprint density at radius 1 is 1.04 bits per heavy atom. The number of benzene rings is 1. The highest BCUT2D eigenvalue weighted by atomic mass is 16.5. The molecule has 3 aliphatic rings. The van der Waals surface area contributed by atoms with E-state index in [2.05, 4.69) is 0 Å². The van der Waals surface area contributed by atoms with Crippen LogP contribution in [0.4, 0.5) is 0 Å². The molecule has 5 nitrogen and oxygen atoms in total. The summed E-state index contributed by atoms with van der Waals surface area (Å²) < 4.78 is 5.50. The summed E-state index contributed by atoms with van der Waals surface area (Å²) in [5, 5.41) is 0. The van der Waals surface area contributed by atoms with Crippen molar-refractivity contribution >= 4 is 11.8 Å². The number of hydrogen-bond donors (Lipinski definition) is 0. The number of carbonyl (C=O) groups excluding carboxylic acids is 2. The van der Waals surface area contributed by atoms with Gasteiger partial charge in [-0.25, -0.2) is 0 Å². The van der Waals surface area contributed by atoms with Gasteiger partial charge < -0.3 is 14.5 Å². The summed E-state index contributed by atoms with van der Waals surface area (Å²) in [7, 11) is 0. The van der Waals surface area contributed by atoms with E-state index in [0.717, 1.165) is 55.6 Å². The monoisotopic (exact) mass is 314 g/mol. The van der Waals surface area contributed by atoms with Crippen molar-refractivity contribution in [3.63, 3.8) is 0 Å². The number of amides is 2. The van der Waals surface area contributed by atoms with Crippen LogP contribution in [0.3, 0.4) is 0 Å². The predicted octanol–water partition coefficient (Wildman–Crippen LogP) is 1.71. The van der Waals surface area contributed by atoms with Crippen LogP contribution in [0.5, 0.6) is 5.75 Å². The van der Waals surface area contributed by atoms with Gasteiger partial charge in [-0.2, -0.15) is 0 Å². The maximum absolute atomic E-state index is 12.8. The number of nitrogens with zero attached hydrogens (tertiary/aromatic N) is 2. The summed E-state index contributed by atoms with van der Waals surface area (Å²) in [6, 6.07) is 5.71. The Kier molecular flexibility index (Phi) is 3.71. The molecule has 5 heteroatoms. The van der Waals surface area contributed by atoms with Gasteiger partial charge in [0.25, 0.3) is 5.91 Å². The van der Waals surface area contributed by atoms with Crippen molar-refractivity contribution in [3.05, 3.63) is 29.3 Å². The second-order valence-electron chi connectivity index (χ2n) is 6.67. The highest BCUT2D eigenvalue weighted by molar-refractivity contribution is 5.94. The molecular formula is C18H22N2O3. The summed E-state index contributed by atoms with van der Waals surface area (Å²) in [6.07, 6.45) is 3.81. The highest BCUT2D eigenvalue weighted by Gasteiger charge is 2.34. The molecule has 0 atom stereocenters. The first-order valence-electron chi connectivity index (χ1n) is 8.56. The van der Waals surface area contributed by atoms with E-state index >= 15 is 0 Å². The van der Waals surface area contributed by atoms with Gasteiger partial charge in [-0.1, -0.05) is 0 Å². The van der Waals surface area contributed by atoms with Crippen LogP contribution in [-0.2, 0) is 11.2 Å². The molecule has 1 saturated carbocycles. The molecule has 0 radical (unpaired) electrons. The second-order valence-corrected chi connectivity index (χ2v) is 6.67. The third kappa shape index (κ3) is 2.92. The van der Waals surface area contributed by atoms with Crippen molar-refractivity contribution in [3.8, 4) is 5.75 Å². The molecule has 1 aromatic rings. The van der Waals surface area contributed by atoms with Gasteiger partial charge in [0.15, 0.2) is 0 Å². The van der Waals surface area contributed by atoms with Crippen molar-refractivity contribution < 1.29 is 14.3 Å². The van der Waals surface area contributed by atoms with E-state index in [0.29, 0.717) is 19.7 Å². The Hall–Kier alpha value is -2.04. The molecule has 1 aromatic carbocycles. The Morgan fingerprint density at radius 3 is 2.65 bits per heavy atom. The maximum atomic E-state index is 12.8. The predicted molar refractivity (Wildman–Crippen MR) is 85.5 cm³/mol. The normalized spacial score (nSPS) is 20.7. The van der Waals surface area contributed by atoms with E-state index in [9.17, 15) is 9.59 Å². The number of hydrogen-bond acceptors (Lipinski definition) is 3. The van der Waals surface area contributed by atoms with E-state index in [1.807, 2.05) is 28.0 Å². The minimum absolute atomic E-state index is 0.0698. The van der Waals surface area contributed by atoms with Crippen LogP contribution in [0.1, 0.15) is 35.2 Å². The first-order valence-corrected chi connectivity index (χ1v) is 8.56. The van der Waals surface area contributed by atoms with Gasteiger partial charge in [-0.15, -0.1) is 0 Å². The van der Waals surface area contributed by atoms with Crippen LogP contribution in [-0.4, -0.2) is 54.4 Å². The van der Waals surface area contributed by atoms with Crippen molar-refractivity contribution in [1.82, 2.24) is 9.80 Å². The molecule has 4 rings (SSSR count). The molecule has 1 aliphatic carbocycles. The lowest BCUT2D eigenvalue weighted by atomic mass is 10.1. The Morgan fingerprint density at radius 2 is 1.83 bits per heavy atom. The second kappa shape index (κ2) is 5.87. The van der Waals surface area contributed by atoms with Crippen LogP contribution in [0.25, 0.3) is 0 Å². The number of carbonyl (C=O) groups is 2. The average molecular weight is 314 g/mol. The van der Waals surface area contributed by atoms with Crippen LogP contribution in [0, 0.1) is 5.92 Å². The zero-order valence-corrected chi connectivity index (χ0v) is 13.3. The summed E-state index contributed by atoms with van der Waals surface area (Å²) >= 11 is 0. The molecule has 2 amide bonds. The summed E-state index contributed by atoms with van der Waals surface area (Å²) in [5.74, 6) is 1.52. The standard InChI is InChI=1S/C18H22N2O3/c21-17(13-2-3-13)19-7-1-8-20(10-9-19)18(22)15-4-5-16-14(12-15)6-11-23-16/h4-5,12-13H,1-3,6-11H2. The van der Waals surface area contributed by atoms with E-state index in [-0.39, 0.29) is 17.7 Å². The van der Waals surface area contributed by atoms with Gasteiger partial charge in [0, 0.05) is 44.1 Å². The smallest absolute Gasteiger partial charge is 0.253 e. The van der Waals surface area contributed by atoms with Gasteiger partial charge in [0.05, 0.1) is 6.61 Å². The number of ether oxygens (including phenoxy) is 1. The molecule has 0 bridgehead atoms. The summed E-state index contributed by atoms with van der Waals surface area (Å²) in [6.45, 7) is 3.49. The van der Waals surface area contributed by atoms with E-state index in [1.54, 1.807) is 0 Å². The molecule has 23 heavy (non-hydrogen) atoms.